The molecule has 0 atom stereocenters. The summed E-state index contributed by atoms with van der Waals surface area (Å²) < 4.78 is 0. The highest BCUT2D eigenvalue weighted by Crippen LogP contribution is 1.98. The molecule has 1 saturated heterocycles. The Morgan fingerprint density at radius 1 is 1.27 bits per heavy atom. The maximum absolute atomic E-state index is 11.7. The van der Waals surface area contributed by atoms with Crippen LogP contribution in [-0.2, 0) is 4.79 Å². The molecule has 0 aliphatic carbocycles. The molecular formula is C11H23N3O. The van der Waals surface area contributed by atoms with E-state index in [0.717, 1.165) is 45.8 Å². The molecule has 15 heavy (non-hydrogen) atoms. The van der Waals surface area contributed by atoms with E-state index in [2.05, 4.69) is 10.2 Å². The van der Waals surface area contributed by atoms with Crippen LogP contribution in [0.1, 0.15) is 20.3 Å². The average Bonchev–Trinajstić information content (AvgIpc) is 2.29. The number of carbonyl (C=O) groups excluding carboxylic acids is 1. The van der Waals surface area contributed by atoms with E-state index in [0.29, 0.717) is 12.3 Å². The van der Waals surface area contributed by atoms with Crippen molar-refractivity contribution in [2.24, 2.45) is 0 Å². The second-order valence-corrected chi connectivity index (χ2v) is 3.91. The smallest absolute Gasteiger partial charge is 0.223 e. The normalized spacial score (nSPS) is 17.7. The number of nitrogens with zero attached hydrogens (tertiary/aromatic N) is 2. The molecule has 1 heterocycles. The van der Waals surface area contributed by atoms with Gasteiger partial charge in [0.15, 0.2) is 0 Å². The van der Waals surface area contributed by atoms with Crippen molar-refractivity contribution in [3.8, 4) is 0 Å². The third-order valence-corrected chi connectivity index (χ3v) is 2.97. The molecule has 1 N–H and O–H groups in total. The average molecular weight is 213 g/mol. The van der Waals surface area contributed by atoms with Gasteiger partial charge in [-0.1, -0.05) is 0 Å². The fraction of sp³-hybridized carbons (Fsp3) is 0.909. The van der Waals surface area contributed by atoms with Crippen LogP contribution in [0.2, 0.25) is 0 Å². The van der Waals surface area contributed by atoms with Crippen LogP contribution in [0.4, 0.5) is 0 Å². The van der Waals surface area contributed by atoms with E-state index in [4.69, 9.17) is 0 Å². The van der Waals surface area contributed by atoms with Crippen LogP contribution in [-0.4, -0.2) is 61.5 Å². The summed E-state index contributed by atoms with van der Waals surface area (Å²) in [5, 5.41) is 3.31. The Hall–Kier alpha value is -0.610. The number of amides is 1. The zero-order valence-electron chi connectivity index (χ0n) is 9.96. The van der Waals surface area contributed by atoms with Crippen molar-refractivity contribution < 1.29 is 4.79 Å². The maximum atomic E-state index is 11.7. The van der Waals surface area contributed by atoms with Gasteiger partial charge in [0.25, 0.3) is 0 Å². The zero-order valence-corrected chi connectivity index (χ0v) is 9.96. The lowest BCUT2D eigenvalue weighted by Crippen LogP contribution is -2.45. The summed E-state index contributed by atoms with van der Waals surface area (Å²) in [6.07, 6.45) is 0.668. The van der Waals surface area contributed by atoms with E-state index >= 15 is 0 Å². The highest BCUT2D eigenvalue weighted by Gasteiger charge is 2.13. The van der Waals surface area contributed by atoms with Crippen molar-refractivity contribution in [2.75, 3.05) is 45.8 Å². The molecule has 0 aromatic rings. The van der Waals surface area contributed by atoms with Crippen molar-refractivity contribution in [3.63, 3.8) is 0 Å². The third kappa shape index (κ3) is 4.18. The molecule has 4 heteroatoms. The van der Waals surface area contributed by atoms with Crippen molar-refractivity contribution in [1.29, 1.82) is 0 Å². The van der Waals surface area contributed by atoms with Gasteiger partial charge in [-0.25, -0.2) is 0 Å². The molecule has 0 aromatic carbocycles. The molecule has 0 spiro atoms. The van der Waals surface area contributed by atoms with Crippen LogP contribution in [0.5, 0.6) is 0 Å². The number of rotatable bonds is 5. The Morgan fingerprint density at radius 3 is 2.40 bits per heavy atom. The lowest BCUT2D eigenvalue weighted by Gasteiger charge is -2.28. The lowest BCUT2D eigenvalue weighted by molar-refractivity contribution is -0.131. The van der Waals surface area contributed by atoms with Gasteiger partial charge in [-0.3, -0.25) is 4.79 Å². The van der Waals surface area contributed by atoms with Crippen molar-refractivity contribution >= 4 is 5.91 Å². The minimum atomic E-state index is 0.290. The van der Waals surface area contributed by atoms with E-state index < -0.39 is 0 Å². The van der Waals surface area contributed by atoms with Crippen LogP contribution >= 0.6 is 0 Å². The first kappa shape index (κ1) is 12.5. The largest absolute Gasteiger partial charge is 0.343 e. The van der Waals surface area contributed by atoms with E-state index in [-0.39, 0.29) is 0 Å². The van der Waals surface area contributed by atoms with E-state index in [1.54, 1.807) is 0 Å². The summed E-state index contributed by atoms with van der Waals surface area (Å²) in [5.74, 6) is 0.290. The molecule has 88 valence electrons. The van der Waals surface area contributed by atoms with E-state index in [9.17, 15) is 4.79 Å². The molecule has 1 amide bonds. The first-order valence-electron chi connectivity index (χ1n) is 5.98. The Morgan fingerprint density at radius 2 is 1.87 bits per heavy atom. The van der Waals surface area contributed by atoms with E-state index in [1.807, 2.05) is 18.7 Å². The Labute approximate surface area is 92.6 Å². The summed E-state index contributed by atoms with van der Waals surface area (Å²) in [6.45, 7) is 10.9. The van der Waals surface area contributed by atoms with Gasteiger partial charge in [0.05, 0.1) is 0 Å². The number of piperazine rings is 1. The van der Waals surface area contributed by atoms with Gasteiger partial charge in [0, 0.05) is 52.2 Å². The van der Waals surface area contributed by atoms with Gasteiger partial charge in [-0.2, -0.15) is 0 Å². The predicted octanol–water partition coefficient (Wildman–Crippen LogP) is 0.150. The molecule has 4 nitrogen and oxygen atoms in total. The van der Waals surface area contributed by atoms with Crippen LogP contribution in [0, 0.1) is 0 Å². The molecule has 0 unspecified atom stereocenters. The van der Waals surface area contributed by atoms with Crippen molar-refractivity contribution in [2.45, 2.75) is 20.3 Å². The van der Waals surface area contributed by atoms with Crippen molar-refractivity contribution in [3.05, 3.63) is 0 Å². The fourth-order valence-electron chi connectivity index (χ4n) is 1.92. The number of nitrogens with one attached hydrogen (secondary N) is 1. The molecule has 0 aromatic heterocycles. The fourth-order valence-corrected chi connectivity index (χ4v) is 1.92. The highest BCUT2D eigenvalue weighted by atomic mass is 16.2. The quantitative estimate of drug-likeness (QED) is 0.706. The minimum Gasteiger partial charge on any atom is -0.343 e. The molecular weight excluding hydrogens is 190 g/mol. The topological polar surface area (TPSA) is 35.6 Å². The Bertz CT molecular complexity index is 186. The van der Waals surface area contributed by atoms with E-state index in [1.165, 1.54) is 0 Å². The zero-order chi connectivity index (χ0) is 11.1. The SMILES string of the molecule is CCN(CC)C(=O)CCN1CCNCC1. The number of hydrogen-bond acceptors (Lipinski definition) is 3. The Kier molecular flexibility index (Phi) is 5.65. The monoisotopic (exact) mass is 213 g/mol. The molecule has 1 rings (SSSR count). The van der Waals surface area contributed by atoms with Gasteiger partial charge < -0.3 is 15.1 Å². The second kappa shape index (κ2) is 6.80. The Balaban J connectivity index is 2.20. The summed E-state index contributed by atoms with van der Waals surface area (Å²) in [6, 6.07) is 0. The van der Waals surface area contributed by atoms with Crippen molar-refractivity contribution in [1.82, 2.24) is 15.1 Å². The van der Waals surface area contributed by atoms with Gasteiger partial charge >= 0.3 is 0 Å². The maximum Gasteiger partial charge on any atom is 0.223 e. The summed E-state index contributed by atoms with van der Waals surface area (Å²) in [5.41, 5.74) is 0. The minimum absolute atomic E-state index is 0.290. The summed E-state index contributed by atoms with van der Waals surface area (Å²) >= 11 is 0. The summed E-state index contributed by atoms with van der Waals surface area (Å²) in [4.78, 5) is 16.0. The lowest BCUT2D eigenvalue weighted by atomic mass is 10.3. The molecule has 0 bridgehead atoms. The first-order valence-corrected chi connectivity index (χ1v) is 5.98. The second-order valence-electron chi connectivity index (χ2n) is 3.91. The number of hydrogen-bond donors (Lipinski definition) is 1. The highest BCUT2D eigenvalue weighted by molar-refractivity contribution is 5.76. The molecule has 0 saturated carbocycles. The molecule has 1 aliphatic rings. The summed E-state index contributed by atoms with van der Waals surface area (Å²) in [7, 11) is 0. The number of carbonyl (C=O) groups is 1. The van der Waals surface area contributed by atoms with Gasteiger partial charge in [0.1, 0.15) is 0 Å². The standard InChI is InChI=1S/C11H23N3O/c1-3-14(4-2)11(15)5-8-13-9-6-12-7-10-13/h12H,3-10H2,1-2H3. The van der Waals surface area contributed by atoms with Crippen LogP contribution < -0.4 is 5.32 Å². The molecule has 1 aliphatic heterocycles. The first-order chi connectivity index (χ1) is 7.27. The predicted molar refractivity (Wildman–Crippen MR) is 61.9 cm³/mol. The van der Waals surface area contributed by atoms with Gasteiger partial charge in [0.2, 0.25) is 5.91 Å². The van der Waals surface area contributed by atoms with Crippen LogP contribution in [0.15, 0.2) is 0 Å². The van der Waals surface area contributed by atoms with Crippen LogP contribution in [0.25, 0.3) is 0 Å². The van der Waals surface area contributed by atoms with Crippen LogP contribution in [0.3, 0.4) is 0 Å². The van der Waals surface area contributed by atoms with Gasteiger partial charge in [-0.05, 0) is 13.8 Å². The van der Waals surface area contributed by atoms with Gasteiger partial charge in [-0.15, -0.1) is 0 Å². The molecule has 0 radical (unpaired) electrons. The molecule has 1 fully saturated rings. The third-order valence-electron chi connectivity index (χ3n) is 2.97.